The van der Waals surface area contributed by atoms with E-state index in [1.807, 2.05) is 0 Å². The smallest absolute Gasteiger partial charge is 0.313 e. The number of amides is 2. The lowest BCUT2D eigenvalue weighted by Gasteiger charge is -2.13. The molecule has 0 unspecified atom stereocenters. The number of carbonyl (C=O) groups is 2. The highest BCUT2D eigenvalue weighted by Gasteiger charge is 2.15. The summed E-state index contributed by atoms with van der Waals surface area (Å²) in [5.41, 5.74) is 5.97. The van der Waals surface area contributed by atoms with Gasteiger partial charge in [-0.3, -0.25) is 9.59 Å². The van der Waals surface area contributed by atoms with Crippen LogP contribution in [0.15, 0.2) is 12.1 Å². The predicted octanol–water partition coefficient (Wildman–Crippen LogP) is 0.436. The molecule has 0 heterocycles. The summed E-state index contributed by atoms with van der Waals surface area (Å²) < 4.78 is 10.2. The molecule has 0 spiro atoms. The van der Waals surface area contributed by atoms with Crippen molar-refractivity contribution < 1.29 is 19.1 Å². The number of nitrogens with two attached hydrogens (primary N) is 1. The van der Waals surface area contributed by atoms with Gasteiger partial charge in [-0.2, -0.15) is 0 Å². The fourth-order valence-corrected chi connectivity index (χ4v) is 1.34. The molecule has 0 atom stereocenters. The molecule has 0 aromatic heterocycles. The van der Waals surface area contributed by atoms with Crippen molar-refractivity contribution in [2.45, 2.75) is 6.92 Å². The molecule has 6 heteroatoms. The van der Waals surface area contributed by atoms with E-state index in [1.54, 1.807) is 19.1 Å². The van der Waals surface area contributed by atoms with E-state index in [0.717, 1.165) is 0 Å². The Kier molecular flexibility index (Phi) is 3.92. The van der Waals surface area contributed by atoms with E-state index in [9.17, 15) is 9.59 Å². The van der Waals surface area contributed by atoms with Crippen molar-refractivity contribution >= 4 is 17.5 Å². The Labute approximate surface area is 98.7 Å². The molecule has 0 saturated carbocycles. The Morgan fingerprint density at radius 2 is 1.88 bits per heavy atom. The van der Waals surface area contributed by atoms with Gasteiger partial charge in [-0.15, -0.1) is 0 Å². The van der Waals surface area contributed by atoms with Crippen LogP contribution in [-0.4, -0.2) is 26.0 Å². The quantitative estimate of drug-likeness (QED) is 0.747. The van der Waals surface area contributed by atoms with Crippen LogP contribution >= 0.6 is 0 Å². The van der Waals surface area contributed by atoms with Crippen molar-refractivity contribution in [2.75, 3.05) is 19.5 Å². The minimum absolute atomic E-state index is 0.399. The van der Waals surface area contributed by atoms with Crippen LogP contribution in [0.4, 0.5) is 5.69 Å². The summed E-state index contributed by atoms with van der Waals surface area (Å²) in [6, 6.07) is 3.31. The Hall–Kier alpha value is -2.24. The van der Waals surface area contributed by atoms with E-state index in [2.05, 4.69) is 5.32 Å². The summed E-state index contributed by atoms with van der Waals surface area (Å²) in [6.45, 7) is 1.75. The number of benzene rings is 1. The normalized spacial score (nSPS) is 9.59. The van der Waals surface area contributed by atoms with Gasteiger partial charge in [0.1, 0.15) is 11.5 Å². The van der Waals surface area contributed by atoms with Gasteiger partial charge in [0.15, 0.2) is 0 Å². The van der Waals surface area contributed by atoms with Gasteiger partial charge in [-0.05, 0) is 18.6 Å². The van der Waals surface area contributed by atoms with E-state index in [1.165, 1.54) is 14.2 Å². The number of rotatable bonds is 3. The molecule has 1 aromatic rings. The van der Waals surface area contributed by atoms with E-state index >= 15 is 0 Å². The van der Waals surface area contributed by atoms with Crippen LogP contribution in [0.2, 0.25) is 0 Å². The van der Waals surface area contributed by atoms with Gasteiger partial charge in [-0.1, -0.05) is 0 Å². The minimum atomic E-state index is -1.05. The summed E-state index contributed by atoms with van der Waals surface area (Å²) in [7, 11) is 2.98. The SMILES string of the molecule is COc1cc(C)c(NC(=O)C(N)=O)c(OC)c1. The van der Waals surface area contributed by atoms with Gasteiger partial charge in [0, 0.05) is 6.07 Å². The third-order valence-electron chi connectivity index (χ3n) is 2.19. The molecule has 3 N–H and O–H groups in total. The van der Waals surface area contributed by atoms with Crippen LogP contribution in [0, 0.1) is 6.92 Å². The van der Waals surface area contributed by atoms with Crippen molar-refractivity contribution in [3.05, 3.63) is 17.7 Å². The fraction of sp³-hybridized carbons (Fsp3) is 0.273. The monoisotopic (exact) mass is 238 g/mol. The van der Waals surface area contributed by atoms with Gasteiger partial charge in [-0.25, -0.2) is 0 Å². The number of ether oxygens (including phenoxy) is 2. The lowest BCUT2D eigenvalue weighted by Crippen LogP contribution is -2.30. The average Bonchev–Trinajstić information content (AvgIpc) is 2.30. The fourth-order valence-electron chi connectivity index (χ4n) is 1.34. The van der Waals surface area contributed by atoms with Crippen molar-refractivity contribution in [2.24, 2.45) is 5.73 Å². The molecular weight excluding hydrogens is 224 g/mol. The molecule has 0 bridgehead atoms. The minimum Gasteiger partial charge on any atom is -0.497 e. The number of anilines is 1. The second-order valence-electron chi connectivity index (χ2n) is 3.34. The Morgan fingerprint density at radius 1 is 1.24 bits per heavy atom. The van der Waals surface area contributed by atoms with Crippen molar-refractivity contribution in [3.8, 4) is 11.5 Å². The first-order valence-electron chi connectivity index (χ1n) is 4.83. The molecular formula is C11H14N2O4. The zero-order chi connectivity index (χ0) is 13.0. The highest BCUT2D eigenvalue weighted by Crippen LogP contribution is 2.32. The lowest BCUT2D eigenvalue weighted by molar-refractivity contribution is -0.134. The second-order valence-corrected chi connectivity index (χ2v) is 3.34. The number of hydrogen-bond acceptors (Lipinski definition) is 4. The van der Waals surface area contributed by atoms with E-state index < -0.39 is 11.8 Å². The maximum absolute atomic E-state index is 11.2. The number of nitrogens with one attached hydrogen (secondary N) is 1. The van der Waals surface area contributed by atoms with E-state index in [0.29, 0.717) is 22.7 Å². The third-order valence-corrected chi connectivity index (χ3v) is 2.19. The van der Waals surface area contributed by atoms with Gasteiger partial charge < -0.3 is 20.5 Å². The molecule has 2 amide bonds. The first-order chi connectivity index (χ1) is 7.99. The number of primary amides is 1. The molecule has 6 nitrogen and oxygen atoms in total. The number of carbonyl (C=O) groups excluding carboxylic acids is 2. The zero-order valence-electron chi connectivity index (χ0n) is 9.87. The van der Waals surface area contributed by atoms with Crippen molar-refractivity contribution in [3.63, 3.8) is 0 Å². The van der Waals surface area contributed by atoms with Gasteiger partial charge in [0.2, 0.25) is 0 Å². The summed E-state index contributed by atoms with van der Waals surface area (Å²) in [6.07, 6.45) is 0. The van der Waals surface area contributed by atoms with Crippen molar-refractivity contribution in [1.29, 1.82) is 0 Å². The second kappa shape index (κ2) is 5.20. The Morgan fingerprint density at radius 3 is 2.35 bits per heavy atom. The Balaban J connectivity index is 3.14. The lowest BCUT2D eigenvalue weighted by atomic mass is 10.1. The Bertz CT molecular complexity index is 457. The molecule has 0 fully saturated rings. The molecule has 0 saturated heterocycles. The standard InChI is InChI=1S/C11H14N2O4/c1-6-4-7(16-2)5-8(17-3)9(6)13-11(15)10(12)14/h4-5H,1-3H3,(H2,12,14)(H,13,15). The summed E-state index contributed by atoms with van der Waals surface area (Å²) >= 11 is 0. The molecule has 92 valence electrons. The molecule has 0 aliphatic rings. The molecule has 17 heavy (non-hydrogen) atoms. The van der Waals surface area contributed by atoms with Crippen LogP contribution in [0.3, 0.4) is 0 Å². The predicted molar refractivity (Wildman–Crippen MR) is 62.1 cm³/mol. The first-order valence-corrected chi connectivity index (χ1v) is 4.83. The number of methoxy groups -OCH3 is 2. The van der Waals surface area contributed by atoms with Gasteiger partial charge in [0.25, 0.3) is 0 Å². The topological polar surface area (TPSA) is 90.6 Å². The third kappa shape index (κ3) is 2.87. The van der Waals surface area contributed by atoms with Gasteiger partial charge >= 0.3 is 11.8 Å². The van der Waals surface area contributed by atoms with Gasteiger partial charge in [0.05, 0.1) is 19.9 Å². The van der Waals surface area contributed by atoms with Crippen LogP contribution in [0.1, 0.15) is 5.56 Å². The van der Waals surface area contributed by atoms with E-state index in [4.69, 9.17) is 15.2 Å². The molecule has 1 aromatic carbocycles. The van der Waals surface area contributed by atoms with Crippen LogP contribution in [-0.2, 0) is 9.59 Å². The zero-order valence-corrected chi connectivity index (χ0v) is 9.87. The molecule has 0 radical (unpaired) electrons. The molecule has 0 aliphatic carbocycles. The average molecular weight is 238 g/mol. The number of aryl methyl sites for hydroxylation is 1. The summed E-state index contributed by atoms with van der Waals surface area (Å²) in [5, 5.41) is 2.39. The van der Waals surface area contributed by atoms with Crippen molar-refractivity contribution in [1.82, 2.24) is 0 Å². The van der Waals surface area contributed by atoms with Crippen LogP contribution < -0.4 is 20.5 Å². The summed E-state index contributed by atoms with van der Waals surface area (Å²) in [5.74, 6) is -0.952. The molecule has 1 rings (SSSR count). The maximum atomic E-state index is 11.2. The highest BCUT2D eigenvalue weighted by molar-refractivity contribution is 6.39. The molecule has 0 aliphatic heterocycles. The number of hydrogen-bond donors (Lipinski definition) is 2. The maximum Gasteiger partial charge on any atom is 0.313 e. The largest absolute Gasteiger partial charge is 0.497 e. The van der Waals surface area contributed by atoms with E-state index in [-0.39, 0.29) is 0 Å². The van der Waals surface area contributed by atoms with Crippen LogP contribution in [0.25, 0.3) is 0 Å². The highest BCUT2D eigenvalue weighted by atomic mass is 16.5. The summed E-state index contributed by atoms with van der Waals surface area (Å²) in [4.78, 5) is 21.9. The van der Waals surface area contributed by atoms with Crippen LogP contribution in [0.5, 0.6) is 11.5 Å². The first kappa shape index (κ1) is 12.8.